The molecule has 1 aliphatic carbocycles. The van der Waals surface area contributed by atoms with E-state index in [-0.39, 0.29) is 0 Å². The summed E-state index contributed by atoms with van der Waals surface area (Å²) in [5.74, 6) is -0.946. The second-order valence-electron chi connectivity index (χ2n) is 3.33. The van der Waals surface area contributed by atoms with Gasteiger partial charge in [0.1, 0.15) is 6.04 Å². The molecule has 0 aromatic carbocycles. The van der Waals surface area contributed by atoms with Crippen LogP contribution < -0.4 is 11.1 Å². The van der Waals surface area contributed by atoms with Crippen LogP contribution in [0.3, 0.4) is 0 Å². The zero-order valence-electron chi connectivity index (χ0n) is 7.57. The van der Waals surface area contributed by atoms with E-state index in [0.717, 1.165) is 19.3 Å². The zero-order valence-corrected chi connectivity index (χ0v) is 7.57. The maximum Gasteiger partial charge on any atom is 0.321 e. The van der Waals surface area contributed by atoms with Crippen LogP contribution in [-0.4, -0.2) is 29.7 Å². The first-order valence-electron chi connectivity index (χ1n) is 4.57. The molecule has 0 heterocycles. The molecule has 0 aliphatic heterocycles. The van der Waals surface area contributed by atoms with Crippen LogP contribution >= 0.6 is 0 Å². The molecule has 4 heteroatoms. The Bertz CT molecular complexity index is 204. The molecule has 4 nitrogen and oxygen atoms in total. The van der Waals surface area contributed by atoms with E-state index >= 15 is 0 Å². The monoisotopic (exact) mass is 184 g/mol. The lowest BCUT2D eigenvalue weighted by molar-refractivity contribution is -0.138. The minimum absolute atomic E-state index is 0.355. The summed E-state index contributed by atoms with van der Waals surface area (Å²) in [7, 11) is 0. The van der Waals surface area contributed by atoms with Crippen molar-refractivity contribution in [2.75, 3.05) is 6.54 Å². The second-order valence-corrected chi connectivity index (χ2v) is 3.33. The molecule has 13 heavy (non-hydrogen) atoms. The average Bonchev–Trinajstić information content (AvgIpc) is 2.15. The number of aliphatic carboxylic acids is 1. The van der Waals surface area contributed by atoms with Crippen LogP contribution in [0, 0.1) is 0 Å². The van der Waals surface area contributed by atoms with Gasteiger partial charge in [-0.25, -0.2) is 0 Å². The van der Waals surface area contributed by atoms with Gasteiger partial charge in [-0.15, -0.1) is 0 Å². The van der Waals surface area contributed by atoms with Gasteiger partial charge in [-0.3, -0.25) is 4.79 Å². The second kappa shape index (κ2) is 4.99. The highest BCUT2D eigenvalue weighted by atomic mass is 16.4. The molecule has 0 spiro atoms. The highest BCUT2D eigenvalue weighted by molar-refractivity contribution is 5.73. The molecule has 2 atom stereocenters. The van der Waals surface area contributed by atoms with Crippen molar-refractivity contribution < 1.29 is 9.90 Å². The molecule has 0 fully saturated rings. The first kappa shape index (κ1) is 10.2. The van der Waals surface area contributed by atoms with E-state index in [9.17, 15) is 4.79 Å². The van der Waals surface area contributed by atoms with Gasteiger partial charge in [-0.2, -0.15) is 0 Å². The number of allylic oxidation sites excluding steroid dienone is 1. The Morgan fingerprint density at radius 2 is 2.46 bits per heavy atom. The van der Waals surface area contributed by atoms with E-state index in [2.05, 4.69) is 17.5 Å². The third kappa shape index (κ3) is 3.57. The van der Waals surface area contributed by atoms with Crippen molar-refractivity contribution in [1.29, 1.82) is 0 Å². The van der Waals surface area contributed by atoms with Gasteiger partial charge in [0, 0.05) is 12.6 Å². The van der Waals surface area contributed by atoms with Crippen molar-refractivity contribution in [2.45, 2.75) is 31.3 Å². The van der Waals surface area contributed by atoms with Crippen molar-refractivity contribution >= 4 is 5.97 Å². The minimum atomic E-state index is -0.946. The van der Waals surface area contributed by atoms with Crippen LogP contribution in [0.5, 0.6) is 0 Å². The number of nitrogens with one attached hydrogen (secondary N) is 1. The fraction of sp³-hybridized carbons (Fsp3) is 0.667. The lowest BCUT2D eigenvalue weighted by Crippen LogP contribution is -2.44. The molecule has 0 aromatic rings. The largest absolute Gasteiger partial charge is 0.480 e. The molecule has 0 radical (unpaired) electrons. The Hall–Kier alpha value is -0.870. The predicted octanol–water partition coefficient (Wildman–Crippen LogP) is 0.0966. The molecule has 0 amide bonds. The zero-order chi connectivity index (χ0) is 9.68. The molecule has 0 saturated carbocycles. The summed E-state index contributed by atoms with van der Waals surface area (Å²) in [6, 6.07) is -0.388. The fourth-order valence-electron chi connectivity index (χ4n) is 1.36. The molecular weight excluding hydrogens is 168 g/mol. The van der Waals surface area contributed by atoms with E-state index in [4.69, 9.17) is 10.8 Å². The summed E-state index contributed by atoms with van der Waals surface area (Å²) >= 11 is 0. The number of carbonyl (C=O) groups is 1. The van der Waals surface area contributed by atoms with Crippen molar-refractivity contribution in [3.05, 3.63) is 12.2 Å². The predicted molar refractivity (Wildman–Crippen MR) is 50.4 cm³/mol. The topological polar surface area (TPSA) is 75.3 Å². The molecule has 1 rings (SSSR count). The number of rotatable bonds is 4. The van der Waals surface area contributed by atoms with E-state index < -0.39 is 12.0 Å². The van der Waals surface area contributed by atoms with Crippen LogP contribution in [0.25, 0.3) is 0 Å². The molecule has 1 aliphatic rings. The number of carboxylic acid groups (broad SMARTS) is 1. The quantitative estimate of drug-likeness (QED) is 0.541. The number of carboxylic acids is 1. The number of hydrogen-bond acceptors (Lipinski definition) is 3. The summed E-state index contributed by atoms with van der Waals surface area (Å²) in [5.41, 5.74) is 5.35. The first-order chi connectivity index (χ1) is 6.20. The van der Waals surface area contributed by atoms with Gasteiger partial charge in [0.15, 0.2) is 0 Å². The van der Waals surface area contributed by atoms with Gasteiger partial charge in [0.05, 0.1) is 0 Å². The van der Waals surface area contributed by atoms with Crippen molar-refractivity contribution in [1.82, 2.24) is 5.32 Å². The van der Waals surface area contributed by atoms with E-state index in [0.29, 0.717) is 12.6 Å². The Kier molecular flexibility index (Phi) is 3.92. The first-order valence-corrected chi connectivity index (χ1v) is 4.57. The average molecular weight is 184 g/mol. The third-order valence-electron chi connectivity index (χ3n) is 2.21. The highest BCUT2D eigenvalue weighted by Crippen LogP contribution is 2.09. The normalized spacial score (nSPS) is 24.2. The Labute approximate surface area is 77.8 Å². The lowest BCUT2D eigenvalue weighted by atomic mass is 10.0. The maximum atomic E-state index is 10.4. The maximum absolute atomic E-state index is 10.4. The van der Waals surface area contributed by atoms with Crippen LogP contribution in [0.2, 0.25) is 0 Å². The molecule has 0 aromatic heterocycles. The standard InChI is InChI=1S/C9H16N2O2/c10-8(9(12)13)6-11-7-4-2-1-3-5-7/h1-2,7-8,11H,3-6,10H2,(H,12,13). The van der Waals surface area contributed by atoms with E-state index in [1.54, 1.807) is 0 Å². The summed E-state index contributed by atoms with van der Waals surface area (Å²) < 4.78 is 0. The molecule has 0 saturated heterocycles. The van der Waals surface area contributed by atoms with Crippen LogP contribution in [0.1, 0.15) is 19.3 Å². The van der Waals surface area contributed by atoms with E-state index in [1.165, 1.54) is 0 Å². The smallest absolute Gasteiger partial charge is 0.321 e. The Morgan fingerprint density at radius 1 is 1.69 bits per heavy atom. The van der Waals surface area contributed by atoms with Gasteiger partial charge in [0.25, 0.3) is 0 Å². The SMILES string of the molecule is NC(CNC1CC=CCC1)C(=O)O. The summed E-state index contributed by atoms with van der Waals surface area (Å²) in [6.45, 7) is 0.355. The summed E-state index contributed by atoms with van der Waals surface area (Å²) in [4.78, 5) is 10.4. The molecule has 0 bridgehead atoms. The van der Waals surface area contributed by atoms with Gasteiger partial charge in [0.2, 0.25) is 0 Å². The Balaban J connectivity index is 2.18. The third-order valence-corrected chi connectivity index (χ3v) is 2.21. The molecular formula is C9H16N2O2. The molecule has 4 N–H and O–H groups in total. The fourth-order valence-corrected chi connectivity index (χ4v) is 1.36. The van der Waals surface area contributed by atoms with Crippen LogP contribution in [-0.2, 0) is 4.79 Å². The van der Waals surface area contributed by atoms with Crippen LogP contribution in [0.15, 0.2) is 12.2 Å². The molecule has 74 valence electrons. The van der Waals surface area contributed by atoms with Gasteiger partial charge < -0.3 is 16.2 Å². The van der Waals surface area contributed by atoms with Crippen molar-refractivity contribution in [2.24, 2.45) is 5.73 Å². The Morgan fingerprint density at radius 3 is 3.00 bits per heavy atom. The van der Waals surface area contributed by atoms with Gasteiger partial charge >= 0.3 is 5.97 Å². The number of hydrogen-bond donors (Lipinski definition) is 3. The summed E-state index contributed by atoms with van der Waals surface area (Å²) in [6.07, 6.45) is 7.39. The number of nitrogens with two attached hydrogens (primary N) is 1. The van der Waals surface area contributed by atoms with Gasteiger partial charge in [-0.1, -0.05) is 12.2 Å². The van der Waals surface area contributed by atoms with Crippen LogP contribution in [0.4, 0.5) is 0 Å². The van der Waals surface area contributed by atoms with Gasteiger partial charge in [-0.05, 0) is 19.3 Å². The summed E-state index contributed by atoms with van der Waals surface area (Å²) in [5, 5.41) is 11.7. The lowest BCUT2D eigenvalue weighted by Gasteiger charge is -2.20. The molecule has 2 unspecified atom stereocenters. The highest BCUT2D eigenvalue weighted by Gasteiger charge is 2.14. The van der Waals surface area contributed by atoms with Crippen molar-refractivity contribution in [3.8, 4) is 0 Å². The van der Waals surface area contributed by atoms with Crippen molar-refractivity contribution in [3.63, 3.8) is 0 Å². The minimum Gasteiger partial charge on any atom is -0.480 e. The van der Waals surface area contributed by atoms with E-state index in [1.807, 2.05) is 0 Å².